The fourth-order valence-electron chi connectivity index (χ4n) is 2.76. The van der Waals surface area contributed by atoms with E-state index in [1.807, 2.05) is 62.4 Å². The normalized spacial score (nSPS) is 12.9. The van der Waals surface area contributed by atoms with Crippen LogP contribution >= 0.6 is 11.6 Å². The third-order valence-corrected chi connectivity index (χ3v) is 4.58. The molecule has 144 valence electrons. The summed E-state index contributed by atoms with van der Waals surface area (Å²) in [7, 11) is 1.63. The third kappa shape index (κ3) is 6.38. The van der Waals surface area contributed by atoms with Gasteiger partial charge in [-0.15, -0.1) is 0 Å². The van der Waals surface area contributed by atoms with Crippen LogP contribution in [0.5, 0.6) is 0 Å². The topological polar surface area (TPSA) is 61.4 Å². The Morgan fingerprint density at radius 1 is 1.04 bits per heavy atom. The quantitative estimate of drug-likeness (QED) is 0.759. The van der Waals surface area contributed by atoms with E-state index in [2.05, 4.69) is 10.6 Å². The predicted octanol–water partition coefficient (Wildman–Crippen LogP) is 3.78. The molecule has 0 fully saturated rings. The first-order chi connectivity index (χ1) is 12.8. The van der Waals surface area contributed by atoms with Crippen LogP contribution in [-0.2, 0) is 9.59 Å². The highest BCUT2D eigenvalue weighted by molar-refractivity contribution is 6.30. The number of aryl methyl sites for hydroxylation is 1. The van der Waals surface area contributed by atoms with Crippen LogP contribution in [0.4, 0.5) is 5.69 Å². The van der Waals surface area contributed by atoms with Crippen molar-refractivity contribution in [1.82, 2.24) is 10.2 Å². The average molecular weight is 388 g/mol. The molecule has 2 aromatic rings. The smallest absolute Gasteiger partial charge is 0.243 e. The number of nitrogens with zero attached hydrogens (tertiary/aromatic N) is 1. The summed E-state index contributed by atoms with van der Waals surface area (Å²) in [6, 6.07) is 14.6. The molecule has 27 heavy (non-hydrogen) atoms. The molecular weight excluding hydrogens is 362 g/mol. The maximum absolute atomic E-state index is 12.6. The molecule has 0 saturated carbocycles. The van der Waals surface area contributed by atoms with Crippen molar-refractivity contribution in [2.24, 2.45) is 0 Å². The van der Waals surface area contributed by atoms with Crippen LogP contribution in [0.2, 0.25) is 5.02 Å². The highest BCUT2D eigenvalue weighted by Crippen LogP contribution is 2.16. The van der Waals surface area contributed by atoms with E-state index in [9.17, 15) is 9.59 Å². The number of amides is 2. The number of rotatable bonds is 7. The van der Waals surface area contributed by atoms with E-state index in [4.69, 9.17) is 11.6 Å². The van der Waals surface area contributed by atoms with Crippen molar-refractivity contribution in [1.29, 1.82) is 0 Å². The van der Waals surface area contributed by atoms with Crippen LogP contribution in [0.25, 0.3) is 0 Å². The molecule has 0 heterocycles. The molecule has 0 radical (unpaired) electrons. The van der Waals surface area contributed by atoms with Gasteiger partial charge in [-0.25, -0.2) is 0 Å². The van der Waals surface area contributed by atoms with Gasteiger partial charge in [0.05, 0.1) is 12.6 Å². The largest absolute Gasteiger partial charge is 0.335 e. The maximum atomic E-state index is 12.6. The number of halogens is 1. The molecule has 0 bridgehead atoms. The molecule has 0 unspecified atom stereocenters. The van der Waals surface area contributed by atoms with E-state index in [0.717, 1.165) is 11.1 Å². The zero-order valence-electron chi connectivity index (χ0n) is 16.1. The van der Waals surface area contributed by atoms with Crippen molar-refractivity contribution in [3.8, 4) is 0 Å². The second-order valence-corrected chi connectivity index (χ2v) is 7.21. The van der Waals surface area contributed by atoms with Crippen molar-refractivity contribution >= 4 is 29.1 Å². The molecule has 5 nitrogen and oxygen atoms in total. The molecule has 2 atom stereocenters. The summed E-state index contributed by atoms with van der Waals surface area (Å²) < 4.78 is 0. The molecule has 2 rings (SSSR count). The van der Waals surface area contributed by atoms with Crippen molar-refractivity contribution in [2.45, 2.75) is 32.9 Å². The first kappa shape index (κ1) is 20.9. The minimum atomic E-state index is -0.423. The van der Waals surface area contributed by atoms with E-state index in [-0.39, 0.29) is 24.4 Å². The molecular formula is C21H26ClN3O2. The van der Waals surface area contributed by atoms with Gasteiger partial charge in [0.25, 0.3) is 0 Å². The van der Waals surface area contributed by atoms with Crippen LogP contribution < -0.4 is 10.6 Å². The molecule has 0 aliphatic heterocycles. The van der Waals surface area contributed by atoms with Crippen LogP contribution in [0, 0.1) is 6.92 Å². The molecule has 2 amide bonds. The summed E-state index contributed by atoms with van der Waals surface area (Å²) in [5, 5.41) is 6.73. The fraction of sp³-hybridized carbons (Fsp3) is 0.333. The van der Waals surface area contributed by atoms with Crippen LogP contribution in [0.3, 0.4) is 0 Å². The lowest BCUT2D eigenvalue weighted by Gasteiger charge is -2.24. The lowest BCUT2D eigenvalue weighted by molar-refractivity contribution is -0.135. The van der Waals surface area contributed by atoms with Gasteiger partial charge in [0.15, 0.2) is 0 Å². The Kier molecular flexibility index (Phi) is 7.39. The van der Waals surface area contributed by atoms with Crippen molar-refractivity contribution < 1.29 is 9.59 Å². The van der Waals surface area contributed by atoms with E-state index in [1.54, 1.807) is 14.0 Å². The molecule has 2 aromatic carbocycles. The van der Waals surface area contributed by atoms with E-state index < -0.39 is 6.04 Å². The van der Waals surface area contributed by atoms with Crippen LogP contribution in [-0.4, -0.2) is 36.3 Å². The first-order valence-corrected chi connectivity index (χ1v) is 9.27. The minimum Gasteiger partial charge on any atom is -0.335 e. The summed E-state index contributed by atoms with van der Waals surface area (Å²) in [6.07, 6.45) is 0. The first-order valence-electron chi connectivity index (χ1n) is 8.89. The molecule has 0 aliphatic carbocycles. The standard InChI is InChI=1S/C21H26ClN3O2/c1-14-5-11-19(12-6-14)24-20(26)13-25(4)21(27)16(3)23-15(2)17-7-9-18(22)10-8-17/h5-12,15-16,23H,13H2,1-4H3,(H,24,26)/t15-,16-/m1/s1. The number of carbonyl (C=O) groups excluding carboxylic acids is 2. The second kappa shape index (κ2) is 9.53. The summed E-state index contributed by atoms with van der Waals surface area (Å²) >= 11 is 5.91. The lowest BCUT2D eigenvalue weighted by Crippen LogP contribution is -2.46. The Labute approximate surface area is 165 Å². The Morgan fingerprint density at radius 3 is 2.22 bits per heavy atom. The second-order valence-electron chi connectivity index (χ2n) is 6.77. The third-order valence-electron chi connectivity index (χ3n) is 4.33. The van der Waals surface area contributed by atoms with E-state index in [1.165, 1.54) is 4.90 Å². The Morgan fingerprint density at radius 2 is 1.63 bits per heavy atom. The molecule has 2 N–H and O–H groups in total. The minimum absolute atomic E-state index is 0.00590. The van der Waals surface area contributed by atoms with E-state index >= 15 is 0 Å². The van der Waals surface area contributed by atoms with Crippen molar-refractivity contribution in [3.63, 3.8) is 0 Å². The number of anilines is 1. The van der Waals surface area contributed by atoms with Crippen LogP contribution in [0.1, 0.15) is 31.0 Å². The van der Waals surface area contributed by atoms with Gasteiger partial charge >= 0.3 is 0 Å². The van der Waals surface area contributed by atoms with Gasteiger partial charge in [0.2, 0.25) is 11.8 Å². The molecule has 0 aromatic heterocycles. The van der Waals surface area contributed by atoms with Gasteiger partial charge in [0.1, 0.15) is 0 Å². The number of benzene rings is 2. The van der Waals surface area contributed by atoms with Gasteiger partial charge in [-0.3, -0.25) is 14.9 Å². The number of carbonyl (C=O) groups is 2. The highest BCUT2D eigenvalue weighted by atomic mass is 35.5. The van der Waals surface area contributed by atoms with E-state index in [0.29, 0.717) is 10.7 Å². The number of hydrogen-bond donors (Lipinski definition) is 2. The average Bonchev–Trinajstić information content (AvgIpc) is 2.63. The number of likely N-dealkylation sites (N-methyl/N-ethyl adjacent to an activating group) is 1. The highest BCUT2D eigenvalue weighted by Gasteiger charge is 2.21. The van der Waals surface area contributed by atoms with Crippen molar-refractivity contribution in [2.75, 3.05) is 18.9 Å². The summed E-state index contributed by atoms with van der Waals surface area (Å²) in [5.74, 6) is -0.373. The molecule has 0 aliphatic rings. The number of nitrogens with one attached hydrogen (secondary N) is 2. The maximum Gasteiger partial charge on any atom is 0.243 e. The molecule has 0 spiro atoms. The van der Waals surface area contributed by atoms with Gasteiger partial charge in [0, 0.05) is 23.8 Å². The Bertz CT molecular complexity index is 775. The molecule has 6 heteroatoms. The number of hydrogen-bond acceptors (Lipinski definition) is 3. The monoisotopic (exact) mass is 387 g/mol. The summed E-state index contributed by atoms with van der Waals surface area (Å²) in [6.45, 7) is 5.76. The van der Waals surface area contributed by atoms with Gasteiger partial charge in [-0.1, -0.05) is 41.4 Å². The Balaban J connectivity index is 1.86. The fourth-order valence-corrected chi connectivity index (χ4v) is 2.88. The molecule has 0 saturated heterocycles. The Hall–Kier alpha value is -2.37. The SMILES string of the molecule is Cc1ccc(NC(=O)CN(C)C(=O)[C@@H](C)N[C@H](C)c2ccc(Cl)cc2)cc1. The van der Waals surface area contributed by atoms with Gasteiger partial charge < -0.3 is 10.2 Å². The van der Waals surface area contributed by atoms with Gasteiger partial charge in [-0.2, -0.15) is 0 Å². The zero-order valence-corrected chi connectivity index (χ0v) is 16.9. The zero-order chi connectivity index (χ0) is 20.0. The predicted molar refractivity (Wildman–Crippen MR) is 110 cm³/mol. The van der Waals surface area contributed by atoms with Gasteiger partial charge in [-0.05, 0) is 50.6 Å². The summed E-state index contributed by atoms with van der Waals surface area (Å²) in [5.41, 5.74) is 2.88. The lowest BCUT2D eigenvalue weighted by atomic mass is 10.1. The van der Waals surface area contributed by atoms with Crippen LogP contribution in [0.15, 0.2) is 48.5 Å². The van der Waals surface area contributed by atoms with Crippen molar-refractivity contribution in [3.05, 3.63) is 64.7 Å². The summed E-state index contributed by atoms with van der Waals surface area (Å²) in [4.78, 5) is 26.2.